The molecule has 3 rings (SSSR count). The van der Waals surface area contributed by atoms with Crippen LogP contribution in [0.1, 0.15) is 38.2 Å². The Hall–Kier alpha value is -1.61. The number of fused-ring (bicyclic) bond motifs is 1. The predicted molar refractivity (Wildman–Crippen MR) is 79.7 cm³/mol. The van der Waals surface area contributed by atoms with Crippen molar-refractivity contribution in [2.24, 2.45) is 5.92 Å². The van der Waals surface area contributed by atoms with Crippen molar-refractivity contribution >= 4 is 10.8 Å². The summed E-state index contributed by atoms with van der Waals surface area (Å²) in [7, 11) is 0. The van der Waals surface area contributed by atoms with E-state index >= 15 is 0 Å². The van der Waals surface area contributed by atoms with Crippen LogP contribution in [0.5, 0.6) is 5.88 Å². The second kappa shape index (κ2) is 5.80. The van der Waals surface area contributed by atoms with Crippen molar-refractivity contribution in [3.63, 3.8) is 0 Å². The van der Waals surface area contributed by atoms with Crippen molar-refractivity contribution in [1.82, 2.24) is 4.98 Å². The quantitative estimate of drug-likeness (QED) is 0.926. The number of aliphatic hydroxyl groups excluding tert-OH is 1. The fourth-order valence-corrected chi connectivity index (χ4v) is 3.05. The van der Waals surface area contributed by atoms with Crippen molar-refractivity contribution in [3.05, 3.63) is 36.0 Å². The number of aliphatic hydroxyl groups is 1. The lowest BCUT2D eigenvalue weighted by Gasteiger charge is -2.29. The highest BCUT2D eigenvalue weighted by atomic mass is 16.5. The van der Waals surface area contributed by atoms with E-state index in [2.05, 4.69) is 11.9 Å². The Morgan fingerprint density at radius 3 is 2.70 bits per heavy atom. The van der Waals surface area contributed by atoms with Gasteiger partial charge in [-0.1, -0.05) is 31.5 Å². The molecule has 0 spiro atoms. The Kier molecular flexibility index (Phi) is 3.88. The van der Waals surface area contributed by atoms with Gasteiger partial charge in [0.1, 0.15) is 6.10 Å². The van der Waals surface area contributed by atoms with Gasteiger partial charge in [0.15, 0.2) is 0 Å². The molecule has 1 heterocycles. The van der Waals surface area contributed by atoms with Crippen LogP contribution in [-0.2, 0) is 6.61 Å². The summed E-state index contributed by atoms with van der Waals surface area (Å²) in [5.74, 6) is 1.29. The average Bonchev–Trinajstić information content (AvgIpc) is 2.50. The second-order valence-corrected chi connectivity index (χ2v) is 5.71. The number of benzene rings is 1. The minimum absolute atomic E-state index is 0.00756. The molecule has 1 aliphatic carbocycles. The summed E-state index contributed by atoms with van der Waals surface area (Å²) in [5, 5.41) is 11.4. The fourth-order valence-electron chi connectivity index (χ4n) is 3.05. The van der Waals surface area contributed by atoms with E-state index in [1.807, 2.05) is 24.3 Å². The summed E-state index contributed by atoms with van der Waals surface area (Å²) >= 11 is 0. The van der Waals surface area contributed by atoms with E-state index in [9.17, 15) is 5.11 Å². The standard InChI is InChI=1S/C17H21NO2/c1-12-6-2-5-9-16(12)20-17-15-8-4-3-7-14(15)13(11-19)10-18-17/h3-4,7-8,10,12,16,19H,2,5-6,9,11H2,1H3. The van der Waals surface area contributed by atoms with Gasteiger partial charge in [0.25, 0.3) is 0 Å². The molecule has 1 aromatic heterocycles. The average molecular weight is 271 g/mol. The summed E-state index contributed by atoms with van der Waals surface area (Å²) in [4.78, 5) is 4.42. The molecule has 1 N–H and O–H groups in total. The lowest BCUT2D eigenvalue weighted by atomic mass is 9.88. The third-order valence-electron chi connectivity index (χ3n) is 4.31. The molecule has 1 saturated carbocycles. The molecule has 0 amide bonds. The lowest BCUT2D eigenvalue weighted by Crippen LogP contribution is -2.28. The first-order valence-electron chi connectivity index (χ1n) is 7.43. The van der Waals surface area contributed by atoms with Crippen molar-refractivity contribution in [2.45, 2.75) is 45.3 Å². The Morgan fingerprint density at radius 1 is 1.20 bits per heavy atom. The first-order chi connectivity index (χ1) is 9.79. The summed E-state index contributed by atoms with van der Waals surface area (Å²) in [6.45, 7) is 2.27. The smallest absolute Gasteiger partial charge is 0.221 e. The Morgan fingerprint density at radius 2 is 1.95 bits per heavy atom. The zero-order valence-corrected chi connectivity index (χ0v) is 11.9. The molecule has 0 aliphatic heterocycles. The molecular weight excluding hydrogens is 250 g/mol. The molecule has 2 unspecified atom stereocenters. The van der Waals surface area contributed by atoms with Crippen molar-refractivity contribution in [3.8, 4) is 5.88 Å². The van der Waals surface area contributed by atoms with Crippen molar-refractivity contribution in [1.29, 1.82) is 0 Å². The van der Waals surface area contributed by atoms with E-state index in [0.29, 0.717) is 11.8 Å². The third kappa shape index (κ3) is 2.50. The van der Waals surface area contributed by atoms with Crippen LogP contribution in [0.2, 0.25) is 0 Å². The molecule has 0 radical (unpaired) electrons. The number of hydrogen-bond donors (Lipinski definition) is 1. The van der Waals surface area contributed by atoms with Crippen molar-refractivity contribution in [2.75, 3.05) is 0 Å². The van der Waals surface area contributed by atoms with Crippen LogP contribution >= 0.6 is 0 Å². The molecule has 3 nitrogen and oxygen atoms in total. The summed E-state index contributed by atoms with van der Waals surface area (Å²) < 4.78 is 6.19. The molecule has 106 valence electrons. The molecule has 1 aromatic carbocycles. The highest BCUT2D eigenvalue weighted by Gasteiger charge is 2.24. The van der Waals surface area contributed by atoms with Gasteiger partial charge < -0.3 is 9.84 Å². The normalized spacial score (nSPS) is 22.9. The topological polar surface area (TPSA) is 42.4 Å². The van der Waals surface area contributed by atoms with E-state index in [0.717, 1.165) is 22.8 Å². The van der Waals surface area contributed by atoms with E-state index in [-0.39, 0.29) is 12.7 Å². The lowest BCUT2D eigenvalue weighted by molar-refractivity contribution is 0.0993. The molecule has 0 saturated heterocycles. The summed E-state index contributed by atoms with van der Waals surface area (Å²) in [5.41, 5.74) is 0.852. The second-order valence-electron chi connectivity index (χ2n) is 5.71. The van der Waals surface area contributed by atoms with Crippen LogP contribution in [0.4, 0.5) is 0 Å². The molecule has 3 heteroatoms. The van der Waals surface area contributed by atoms with E-state index < -0.39 is 0 Å². The summed E-state index contributed by atoms with van der Waals surface area (Å²) in [6, 6.07) is 8.00. The van der Waals surface area contributed by atoms with Gasteiger partial charge in [-0.2, -0.15) is 0 Å². The van der Waals surface area contributed by atoms with Crippen molar-refractivity contribution < 1.29 is 9.84 Å². The van der Waals surface area contributed by atoms with E-state index in [1.165, 1.54) is 19.3 Å². The monoisotopic (exact) mass is 271 g/mol. The maximum Gasteiger partial charge on any atom is 0.221 e. The fraction of sp³-hybridized carbons (Fsp3) is 0.471. The van der Waals surface area contributed by atoms with E-state index in [4.69, 9.17) is 4.74 Å². The van der Waals surface area contributed by atoms with Gasteiger partial charge in [-0.25, -0.2) is 4.98 Å². The molecule has 1 fully saturated rings. The van der Waals surface area contributed by atoms with Crippen LogP contribution in [-0.4, -0.2) is 16.2 Å². The zero-order valence-electron chi connectivity index (χ0n) is 11.9. The third-order valence-corrected chi connectivity index (χ3v) is 4.31. The number of rotatable bonds is 3. The van der Waals surface area contributed by atoms with Gasteiger partial charge >= 0.3 is 0 Å². The number of aromatic nitrogens is 1. The number of pyridine rings is 1. The Balaban J connectivity index is 1.95. The first kappa shape index (κ1) is 13.4. The molecular formula is C17H21NO2. The number of ether oxygens (including phenoxy) is 1. The summed E-state index contributed by atoms with van der Waals surface area (Å²) in [6.07, 6.45) is 6.88. The Bertz CT molecular complexity index is 597. The zero-order chi connectivity index (χ0) is 13.9. The molecule has 0 bridgehead atoms. The van der Waals surface area contributed by atoms with Crippen LogP contribution in [0.25, 0.3) is 10.8 Å². The first-order valence-corrected chi connectivity index (χ1v) is 7.43. The van der Waals surface area contributed by atoms with Crippen LogP contribution < -0.4 is 4.74 Å². The molecule has 2 atom stereocenters. The SMILES string of the molecule is CC1CCCCC1Oc1ncc(CO)c2ccccc12. The number of nitrogens with zero attached hydrogens (tertiary/aromatic N) is 1. The number of hydrogen-bond acceptors (Lipinski definition) is 3. The minimum atomic E-state index is 0.00756. The van der Waals surface area contributed by atoms with Crippen LogP contribution in [0.15, 0.2) is 30.5 Å². The maximum absolute atomic E-state index is 9.41. The molecule has 1 aliphatic rings. The van der Waals surface area contributed by atoms with Crippen LogP contribution in [0, 0.1) is 5.92 Å². The predicted octanol–water partition coefficient (Wildman–Crippen LogP) is 3.68. The molecule has 2 aromatic rings. The Labute approximate surface area is 119 Å². The minimum Gasteiger partial charge on any atom is -0.474 e. The maximum atomic E-state index is 9.41. The highest BCUT2D eigenvalue weighted by molar-refractivity contribution is 5.89. The van der Waals surface area contributed by atoms with E-state index in [1.54, 1.807) is 6.20 Å². The van der Waals surface area contributed by atoms with Gasteiger partial charge in [0.05, 0.1) is 6.61 Å². The molecule has 20 heavy (non-hydrogen) atoms. The highest BCUT2D eigenvalue weighted by Crippen LogP contribution is 2.31. The van der Waals surface area contributed by atoms with Gasteiger partial charge in [-0.05, 0) is 36.6 Å². The van der Waals surface area contributed by atoms with Gasteiger partial charge in [0.2, 0.25) is 5.88 Å². The van der Waals surface area contributed by atoms with Gasteiger partial charge in [-0.3, -0.25) is 0 Å². The van der Waals surface area contributed by atoms with Crippen LogP contribution in [0.3, 0.4) is 0 Å². The van der Waals surface area contributed by atoms with Gasteiger partial charge in [0, 0.05) is 17.1 Å². The largest absolute Gasteiger partial charge is 0.474 e. The van der Waals surface area contributed by atoms with Gasteiger partial charge in [-0.15, -0.1) is 0 Å².